The molecule has 14 heavy (non-hydrogen) atoms. The SMILES string of the molecule is COc1c(N)nsc1NC(C)(C)CO. The van der Waals surface area contributed by atoms with Gasteiger partial charge in [0, 0.05) is 0 Å². The molecule has 0 aromatic carbocycles. The zero-order valence-electron chi connectivity index (χ0n) is 8.50. The minimum absolute atomic E-state index is 0.0218. The van der Waals surface area contributed by atoms with E-state index in [-0.39, 0.29) is 6.61 Å². The molecule has 0 saturated heterocycles. The maximum atomic E-state index is 9.08. The van der Waals surface area contributed by atoms with Crippen molar-refractivity contribution in [2.75, 3.05) is 24.8 Å². The molecular formula is C8H15N3O2S. The minimum atomic E-state index is -0.410. The van der Waals surface area contributed by atoms with Crippen LogP contribution in [0, 0.1) is 0 Å². The zero-order chi connectivity index (χ0) is 10.8. The number of nitrogen functional groups attached to an aromatic ring is 1. The van der Waals surface area contributed by atoms with Crippen molar-refractivity contribution >= 4 is 22.4 Å². The second kappa shape index (κ2) is 4.02. The number of anilines is 2. The summed E-state index contributed by atoms with van der Waals surface area (Å²) < 4.78 is 9.04. The molecule has 1 rings (SSSR count). The lowest BCUT2D eigenvalue weighted by Crippen LogP contribution is -2.34. The highest BCUT2D eigenvalue weighted by atomic mass is 32.1. The fraction of sp³-hybridized carbons (Fsp3) is 0.625. The molecule has 0 aliphatic carbocycles. The highest BCUT2D eigenvalue weighted by Crippen LogP contribution is 2.36. The van der Waals surface area contributed by atoms with E-state index in [2.05, 4.69) is 9.69 Å². The number of hydrogen-bond donors (Lipinski definition) is 3. The Balaban J connectivity index is 2.86. The number of nitrogens with one attached hydrogen (secondary N) is 1. The van der Waals surface area contributed by atoms with Crippen LogP contribution >= 0.6 is 11.5 Å². The zero-order valence-corrected chi connectivity index (χ0v) is 9.31. The lowest BCUT2D eigenvalue weighted by Gasteiger charge is -2.23. The van der Waals surface area contributed by atoms with Gasteiger partial charge >= 0.3 is 0 Å². The molecule has 0 aliphatic rings. The standard InChI is InChI=1S/C8H15N3O2S/c1-8(2,4-12)10-7-5(13-3)6(9)11-14-7/h10,12H,4H2,1-3H3,(H2,9,11). The normalized spacial score (nSPS) is 11.4. The maximum Gasteiger partial charge on any atom is 0.197 e. The summed E-state index contributed by atoms with van der Waals surface area (Å²) in [6.45, 7) is 3.78. The van der Waals surface area contributed by atoms with Gasteiger partial charge in [-0.3, -0.25) is 0 Å². The molecule has 0 bridgehead atoms. The molecule has 0 amide bonds. The lowest BCUT2D eigenvalue weighted by atomic mass is 10.1. The van der Waals surface area contributed by atoms with Crippen molar-refractivity contribution in [2.24, 2.45) is 0 Å². The monoisotopic (exact) mass is 217 g/mol. The maximum absolute atomic E-state index is 9.08. The van der Waals surface area contributed by atoms with Crippen LogP contribution in [0.4, 0.5) is 10.8 Å². The van der Waals surface area contributed by atoms with Crippen molar-refractivity contribution < 1.29 is 9.84 Å². The molecule has 1 aromatic heterocycles. The van der Waals surface area contributed by atoms with Crippen LogP contribution in [0.1, 0.15) is 13.8 Å². The van der Waals surface area contributed by atoms with E-state index in [4.69, 9.17) is 15.6 Å². The van der Waals surface area contributed by atoms with Gasteiger partial charge in [0.2, 0.25) is 0 Å². The van der Waals surface area contributed by atoms with Crippen LogP contribution in [0.25, 0.3) is 0 Å². The summed E-state index contributed by atoms with van der Waals surface area (Å²) in [4.78, 5) is 0. The smallest absolute Gasteiger partial charge is 0.197 e. The average Bonchev–Trinajstić information content (AvgIpc) is 2.46. The van der Waals surface area contributed by atoms with E-state index >= 15 is 0 Å². The van der Waals surface area contributed by atoms with Crippen molar-refractivity contribution in [3.63, 3.8) is 0 Å². The molecule has 0 saturated carbocycles. The Morgan fingerprint density at radius 1 is 1.64 bits per heavy atom. The number of hydrogen-bond acceptors (Lipinski definition) is 6. The van der Waals surface area contributed by atoms with E-state index in [1.165, 1.54) is 18.6 Å². The Morgan fingerprint density at radius 2 is 2.29 bits per heavy atom. The first-order valence-electron chi connectivity index (χ1n) is 4.18. The average molecular weight is 217 g/mol. The molecular weight excluding hydrogens is 202 g/mol. The van der Waals surface area contributed by atoms with Gasteiger partial charge in [-0.15, -0.1) is 0 Å². The van der Waals surface area contributed by atoms with E-state index in [0.717, 1.165) is 5.00 Å². The van der Waals surface area contributed by atoms with Crippen LogP contribution in [-0.2, 0) is 0 Å². The minimum Gasteiger partial charge on any atom is -0.490 e. The number of nitrogens with two attached hydrogens (primary N) is 1. The molecule has 1 heterocycles. The van der Waals surface area contributed by atoms with E-state index in [1.54, 1.807) is 0 Å². The largest absolute Gasteiger partial charge is 0.490 e. The molecule has 6 heteroatoms. The second-order valence-corrected chi connectivity index (χ2v) is 4.37. The van der Waals surface area contributed by atoms with Gasteiger partial charge in [-0.05, 0) is 25.4 Å². The first-order valence-corrected chi connectivity index (χ1v) is 4.95. The lowest BCUT2D eigenvalue weighted by molar-refractivity contribution is 0.234. The van der Waals surface area contributed by atoms with Crippen LogP contribution in [0.3, 0.4) is 0 Å². The van der Waals surface area contributed by atoms with E-state index in [9.17, 15) is 0 Å². The Hall–Kier alpha value is -1.01. The third-order valence-corrected chi connectivity index (χ3v) is 2.48. The molecule has 5 nitrogen and oxygen atoms in total. The van der Waals surface area contributed by atoms with Gasteiger partial charge in [0.15, 0.2) is 16.6 Å². The van der Waals surface area contributed by atoms with Crippen molar-refractivity contribution in [1.82, 2.24) is 4.37 Å². The van der Waals surface area contributed by atoms with Gasteiger partial charge in [-0.25, -0.2) is 0 Å². The van der Waals surface area contributed by atoms with Crippen molar-refractivity contribution in [3.8, 4) is 5.75 Å². The van der Waals surface area contributed by atoms with Gasteiger partial charge < -0.3 is 20.9 Å². The van der Waals surface area contributed by atoms with Gasteiger partial charge in [-0.2, -0.15) is 4.37 Å². The number of aromatic nitrogens is 1. The number of rotatable bonds is 4. The summed E-state index contributed by atoms with van der Waals surface area (Å²) in [5.41, 5.74) is 5.17. The first-order chi connectivity index (χ1) is 6.50. The predicted molar refractivity (Wildman–Crippen MR) is 57.9 cm³/mol. The Labute approximate surface area is 87.1 Å². The van der Waals surface area contributed by atoms with Gasteiger partial charge in [0.05, 0.1) is 19.3 Å². The fourth-order valence-electron chi connectivity index (χ4n) is 0.918. The Bertz CT molecular complexity index is 312. The van der Waals surface area contributed by atoms with Crippen molar-refractivity contribution in [1.29, 1.82) is 0 Å². The van der Waals surface area contributed by atoms with E-state index in [1.807, 2.05) is 13.8 Å². The van der Waals surface area contributed by atoms with Crippen LogP contribution in [0.2, 0.25) is 0 Å². The fourth-order valence-corrected chi connectivity index (χ4v) is 1.78. The summed E-state index contributed by atoms with van der Waals surface area (Å²) in [6, 6.07) is 0. The van der Waals surface area contributed by atoms with Crippen LogP contribution in [-0.4, -0.2) is 28.7 Å². The molecule has 4 N–H and O–H groups in total. The Kier molecular flexibility index (Phi) is 3.17. The van der Waals surface area contributed by atoms with E-state index < -0.39 is 5.54 Å². The molecule has 0 atom stereocenters. The van der Waals surface area contributed by atoms with Gasteiger partial charge in [-0.1, -0.05) is 0 Å². The summed E-state index contributed by atoms with van der Waals surface area (Å²) in [7, 11) is 1.54. The topological polar surface area (TPSA) is 80.4 Å². The number of methoxy groups -OCH3 is 1. The number of aliphatic hydroxyl groups excluding tert-OH is 1. The predicted octanol–water partition coefficient (Wildman–Crippen LogP) is 0.917. The van der Waals surface area contributed by atoms with Crippen LogP contribution in [0.5, 0.6) is 5.75 Å². The quantitative estimate of drug-likeness (QED) is 0.698. The number of aliphatic hydroxyl groups is 1. The van der Waals surface area contributed by atoms with E-state index in [0.29, 0.717) is 11.6 Å². The highest BCUT2D eigenvalue weighted by Gasteiger charge is 2.21. The number of ether oxygens (including phenoxy) is 1. The molecule has 1 aromatic rings. The van der Waals surface area contributed by atoms with Gasteiger partial charge in [0.25, 0.3) is 0 Å². The van der Waals surface area contributed by atoms with Crippen molar-refractivity contribution in [2.45, 2.75) is 19.4 Å². The molecule has 0 aliphatic heterocycles. The third kappa shape index (κ3) is 2.27. The summed E-state index contributed by atoms with van der Waals surface area (Å²) in [6.07, 6.45) is 0. The van der Waals surface area contributed by atoms with Crippen LogP contribution < -0.4 is 15.8 Å². The molecule has 0 spiro atoms. The number of nitrogens with zero attached hydrogens (tertiary/aromatic N) is 1. The first kappa shape index (κ1) is 11.1. The third-order valence-electron chi connectivity index (χ3n) is 1.73. The summed E-state index contributed by atoms with van der Waals surface area (Å²) in [5, 5.41) is 12.9. The van der Waals surface area contributed by atoms with Crippen LogP contribution in [0.15, 0.2) is 0 Å². The Morgan fingerprint density at radius 3 is 2.79 bits per heavy atom. The van der Waals surface area contributed by atoms with Gasteiger partial charge in [0.1, 0.15) is 0 Å². The molecule has 80 valence electrons. The van der Waals surface area contributed by atoms with Crippen molar-refractivity contribution in [3.05, 3.63) is 0 Å². The summed E-state index contributed by atoms with van der Waals surface area (Å²) in [5.74, 6) is 0.908. The summed E-state index contributed by atoms with van der Waals surface area (Å²) >= 11 is 1.22. The molecule has 0 unspecified atom stereocenters. The molecule has 0 radical (unpaired) electrons. The second-order valence-electron chi connectivity index (χ2n) is 3.60. The molecule has 0 fully saturated rings. The highest BCUT2D eigenvalue weighted by molar-refractivity contribution is 7.11.